The first-order valence-electron chi connectivity index (χ1n) is 6.59. The van der Waals surface area contributed by atoms with Gasteiger partial charge in [-0.05, 0) is 46.8 Å². The second-order valence-corrected chi connectivity index (χ2v) is 6.87. The van der Waals surface area contributed by atoms with Gasteiger partial charge in [-0.25, -0.2) is 0 Å². The number of ketones is 1. The summed E-state index contributed by atoms with van der Waals surface area (Å²) in [4.78, 5) is 12.2. The van der Waals surface area contributed by atoms with Gasteiger partial charge in [0, 0.05) is 15.1 Å². The first-order valence-corrected chi connectivity index (χ1v) is 8.75. The third-order valence-corrected chi connectivity index (χ3v) is 4.66. The van der Waals surface area contributed by atoms with E-state index in [9.17, 15) is 4.79 Å². The monoisotopic (exact) mass is 408 g/mol. The highest BCUT2D eigenvalue weighted by Crippen LogP contribution is 2.21. The fourth-order valence-electron chi connectivity index (χ4n) is 1.89. The van der Waals surface area contributed by atoms with Crippen LogP contribution in [0.4, 0.5) is 0 Å². The Morgan fingerprint density at radius 1 is 1.22 bits per heavy atom. The van der Waals surface area contributed by atoms with Crippen LogP contribution in [-0.2, 0) is 0 Å². The molecule has 116 valence electrons. The van der Waals surface area contributed by atoms with Crippen molar-refractivity contribution in [2.75, 3.05) is 5.75 Å². The Kier molecular flexibility index (Phi) is 5.09. The van der Waals surface area contributed by atoms with Gasteiger partial charge in [0.1, 0.15) is 0 Å². The number of hydrogen-bond acceptors (Lipinski definition) is 5. The molecule has 23 heavy (non-hydrogen) atoms. The highest BCUT2D eigenvalue weighted by atomic mass is 79.9. The number of tetrazole rings is 1. The van der Waals surface area contributed by atoms with E-state index in [0.717, 1.165) is 10.2 Å². The fourth-order valence-corrected chi connectivity index (χ4v) is 3.20. The third-order valence-electron chi connectivity index (χ3n) is 2.99. The van der Waals surface area contributed by atoms with E-state index in [4.69, 9.17) is 11.6 Å². The molecule has 0 amide bonds. The van der Waals surface area contributed by atoms with E-state index in [0.29, 0.717) is 15.7 Å². The lowest BCUT2D eigenvalue weighted by Gasteiger charge is -2.04. The summed E-state index contributed by atoms with van der Waals surface area (Å²) in [5, 5.41) is 12.8. The molecule has 1 heterocycles. The number of halogens is 2. The average Bonchev–Trinajstić information content (AvgIpc) is 3.02. The number of carbonyl (C=O) groups is 1. The van der Waals surface area contributed by atoms with Crippen molar-refractivity contribution in [3.63, 3.8) is 0 Å². The smallest absolute Gasteiger partial charge is 0.214 e. The first kappa shape index (κ1) is 16.2. The van der Waals surface area contributed by atoms with Crippen LogP contribution in [0.5, 0.6) is 0 Å². The fraction of sp³-hybridized carbons (Fsp3) is 0.0667. The Labute approximate surface area is 150 Å². The molecule has 2 aromatic carbocycles. The molecule has 0 radical (unpaired) electrons. The molecule has 0 saturated carbocycles. The van der Waals surface area contributed by atoms with Gasteiger partial charge in [0.25, 0.3) is 0 Å². The number of benzene rings is 2. The van der Waals surface area contributed by atoms with Gasteiger partial charge in [0.05, 0.1) is 11.4 Å². The van der Waals surface area contributed by atoms with Crippen LogP contribution in [0.1, 0.15) is 10.4 Å². The van der Waals surface area contributed by atoms with Gasteiger partial charge in [-0.3, -0.25) is 4.79 Å². The van der Waals surface area contributed by atoms with E-state index in [1.807, 2.05) is 24.3 Å². The maximum absolute atomic E-state index is 12.2. The highest BCUT2D eigenvalue weighted by Gasteiger charge is 2.13. The van der Waals surface area contributed by atoms with E-state index >= 15 is 0 Å². The van der Waals surface area contributed by atoms with Crippen LogP contribution in [0.25, 0.3) is 5.69 Å². The summed E-state index contributed by atoms with van der Waals surface area (Å²) in [5.41, 5.74) is 1.44. The Hall–Kier alpha value is -1.70. The number of hydrogen-bond donors (Lipinski definition) is 0. The van der Waals surface area contributed by atoms with Gasteiger partial charge in [-0.1, -0.05) is 51.4 Å². The molecule has 0 spiro atoms. The van der Waals surface area contributed by atoms with Crippen molar-refractivity contribution in [3.05, 3.63) is 63.6 Å². The number of nitrogens with zero attached hydrogens (tertiary/aromatic N) is 4. The molecule has 0 aliphatic carbocycles. The summed E-state index contributed by atoms with van der Waals surface area (Å²) in [5.74, 6) is 0.270. The largest absolute Gasteiger partial charge is 0.293 e. The molecular formula is C15H10BrClN4OS. The third kappa shape index (κ3) is 3.99. The van der Waals surface area contributed by atoms with Gasteiger partial charge >= 0.3 is 0 Å². The lowest BCUT2D eigenvalue weighted by atomic mass is 10.2. The predicted octanol–water partition coefficient (Wildman–Crippen LogP) is 4.05. The zero-order chi connectivity index (χ0) is 16.2. The predicted molar refractivity (Wildman–Crippen MR) is 93.4 cm³/mol. The molecule has 0 saturated heterocycles. The quantitative estimate of drug-likeness (QED) is 0.470. The zero-order valence-corrected chi connectivity index (χ0v) is 14.8. The Morgan fingerprint density at radius 2 is 2.00 bits per heavy atom. The van der Waals surface area contributed by atoms with E-state index in [-0.39, 0.29) is 11.5 Å². The van der Waals surface area contributed by atoms with Gasteiger partial charge in [0.15, 0.2) is 5.78 Å². The van der Waals surface area contributed by atoms with Crippen molar-refractivity contribution in [1.82, 2.24) is 20.2 Å². The zero-order valence-electron chi connectivity index (χ0n) is 11.7. The van der Waals surface area contributed by atoms with Crippen LogP contribution < -0.4 is 0 Å². The van der Waals surface area contributed by atoms with E-state index < -0.39 is 0 Å². The summed E-state index contributed by atoms with van der Waals surface area (Å²) in [7, 11) is 0. The van der Waals surface area contributed by atoms with Crippen LogP contribution in [-0.4, -0.2) is 31.7 Å². The highest BCUT2D eigenvalue weighted by molar-refractivity contribution is 9.10. The number of carbonyl (C=O) groups excluding carboxylic acids is 1. The van der Waals surface area contributed by atoms with E-state index in [1.165, 1.54) is 11.8 Å². The molecular weight excluding hydrogens is 400 g/mol. The topological polar surface area (TPSA) is 60.7 Å². The van der Waals surface area contributed by atoms with Crippen molar-refractivity contribution in [2.24, 2.45) is 0 Å². The summed E-state index contributed by atoms with van der Waals surface area (Å²) in [6.45, 7) is 0. The molecule has 0 fully saturated rings. The second-order valence-electron chi connectivity index (χ2n) is 4.57. The van der Waals surface area contributed by atoms with Crippen LogP contribution in [0.3, 0.4) is 0 Å². The number of rotatable bonds is 5. The maximum atomic E-state index is 12.2. The summed E-state index contributed by atoms with van der Waals surface area (Å²) >= 11 is 10.5. The average molecular weight is 410 g/mol. The molecule has 0 bridgehead atoms. The lowest BCUT2D eigenvalue weighted by Crippen LogP contribution is -2.05. The van der Waals surface area contributed by atoms with Crippen LogP contribution in [0, 0.1) is 0 Å². The molecule has 0 atom stereocenters. The molecule has 0 unspecified atom stereocenters. The van der Waals surface area contributed by atoms with Crippen molar-refractivity contribution in [2.45, 2.75) is 5.16 Å². The summed E-state index contributed by atoms with van der Waals surface area (Å²) in [6, 6.07) is 14.5. The van der Waals surface area contributed by atoms with Crippen LogP contribution >= 0.6 is 39.3 Å². The maximum Gasteiger partial charge on any atom is 0.214 e. The van der Waals surface area contributed by atoms with Crippen molar-refractivity contribution in [3.8, 4) is 5.69 Å². The molecule has 3 aromatic rings. The Bertz CT molecular complexity index is 838. The van der Waals surface area contributed by atoms with Crippen molar-refractivity contribution < 1.29 is 4.79 Å². The van der Waals surface area contributed by atoms with Crippen LogP contribution in [0.2, 0.25) is 5.02 Å². The summed E-state index contributed by atoms with van der Waals surface area (Å²) < 4.78 is 2.45. The molecule has 0 aliphatic rings. The minimum absolute atomic E-state index is 0.0157. The summed E-state index contributed by atoms with van der Waals surface area (Å²) in [6.07, 6.45) is 0. The number of aromatic nitrogens is 4. The first-order chi connectivity index (χ1) is 11.1. The van der Waals surface area contributed by atoms with Crippen molar-refractivity contribution >= 4 is 45.1 Å². The molecule has 0 aliphatic heterocycles. The van der Waals surface area contributed by atoms with Gasteiger partial charge in [-0.15, -0.1) is 5.10 Å². The lowest BCUT2D eigenvalue weighted by molar-refractivity contribution is 0.102. The molecule has 0 N–H and O–H groups in total. The Balaban J connectivity index is 1.73. The van der Waals surface area contributed by atoms with Gasteiger partial charge < -0.3 is 0 Å². The number of Topliss-reactive ketones (excluding diaryl/α,β-unsaturated/α-hetero) is 1. The van der Waals surface area contributed by atoms with Gasteiger partial charge in [0.2, 0.25) is 5.16 Å². The van der Waals surface area contributed by atoms with E-state index in [1.54, 1.807) is 28.9 Å². The standard InChI is InChI=1S/C15H10BrClN4OS/c16-11-3-1-2-10(8-11)14(22)9-23-15-18-19-20-21(15)13-6-4-12(17)5-7-13/h1-8H,9H2. The molecule has 1 aromatic heterocycles. The molecule has 5 nitrogen and oxygen atoms in total. The van der Waals surface area contributed by atoms with Gasteiger partial charge in [-0.2, -0.15) is 4.68 Å². The van der Waals surface area contributed by atoms with Crippen molar-refractivity contribution in [1.29, 1.82) is 0 Å². The normalized spacial score (nSPS) is 10.7. The second kappa shape index (κ2) is 7.25. The number of thioether (sulfide) groups is 1. The SMILES string of the molecule is O=C(CSc1nnnn1-c1ccc(Cl)cc1)c1cccc(Br)c1. The Morgan fingerprint density at radius 3 is 2.74 bits per heavy atom. The molecule has 3 rings (SSSR count). The minimum atomic E-state index is 0.0157. The van der Waals surface area contributed by atoms with Crippen LogP contribution in [0.15, 0.2) is 58.2 Å². The van der Waals surface area contributed by atoms with E-state index in [2.05, 4.69) is 31.5 Å². The molecule has 8 heteroatoms. The minimum Gasteiger partial charge on any atom is -0.293 e.